The van der Waals surface area contributed by atoms with E-state index in [0.717, 1.165) is 38.0 Å². The minimum atomic E-state index is 0.247. The molecular formula is C15H17N3O3. The van der Waals surface area contributed by atoms with Crippen LogP contribution in [0, 0.1) is 0 Å². The number of ether oxygens (including phenoxy) is 2. The third kappa shape index (κ3) is 3.66. The normalized spacial score (nSPS) is 17.8. The van der Waals surface area contributed by atoms with Crippen molar-refractivity contribution in [3.05, 3.63) is 41.7 Å². The second-order valence-electron chi connectivity index (χ2n) is 5.04. The number of carbonyl (C=O) groups excluding carboxylic acids is 1. The summed E-state index contributed by atoms with van der Waals surface area (Å²) < 4.78 is 13.0. The van der Waals surface area contributed by atoms with E-state index in [1.165, 1.54) is 0 Å². The second kappa shape index (κ2) is 6.49. The number of nitrogens with zero attached hydrogens (tertiary/aromatic N) is 3. The fourth-order valence-corrected chi connectivity index (χ4v) is 2.29. The molecule has 0 N–H and O–H groups in total. The van der Waals surface area contributed by atoms with Gasteiger partial charge in [-0.25, -0.2) is 4.68 Å². The summed E-state index contributed by atoms with van der Waals surface area (Å²) in [6.45, 7) is 1.93. The Balaban J connectivity index is 1.52. The van der Waals surface area contributed by atoms with Gasteiger partial charge >= 0.3 is 0 Å². The Morgan fingerprint density at radius 1 is 1.38 bits per heavy atom. The first kappa shape index (κ1) is 13.8. The molecule has 1 saturated heterocycles. The first-order chi connectivity index (χ1) is 10.3. The molecular weight excluding hydrogens is 270 g/mol. The Bertz CT molecular complexity index is 588. The maximum Gasteiger partial charge on any atom is 0.150 e. The molecule has 1 fully saturated rings. The molecule has 2 heterocycles. The molecule has 0 saturated carbocycles. The molecule has 0 radical (unpaired) electrons. The van der Waals surface area contributed by atoms with Crippen molar-refractivity contribution in [3.8, 4) is 5.75 Å². The molecule has 21 heavy (non-hydrogen) atoms. The van der Waals surface area contributed by atoms with Crippen LogP contribution in [0.15, 0.2) is 30.5 Å². The van der Waals surface area contributed by atoms with Crippen LogP contribution in [0.1, 0.15) is 28.9 Å². The number of aldehydes is 1. The number of hydrogen-bond acceptors (Lipinski definition) is 5. The van der Waals surface area contributed by atoms with Gasteiger partial charge in [-0.1, -0.05) is 5.21 Å². The van der Waals surface area contributed by atoms with Crippen molar-refractivity contribution in [1.82, 2.24) is 15.0 Å². The van der Waals surface area contributed by atoms with Crippen molar-refractivity contribution in [1.29, 1.82) is 0 Å². The van der Waals surface area contributed by atoms with Crippen LogP contribution >= 0.6 is 0 Å². The van der Waals surface area contributed by atoms with Crippen LogP contribution in [-0.4, -0.2) is 34.0 Å². The van der Waals surface area contributed by atoms with E-state index in [0.29, 0.717) is 17.9 Å². The number of rotatable bonds is 6. The van der Waals surface area contributed by atoms with Crippen LogP contribution in [0.4, 0.5) is 0 Å². The summed E-state index contributed by atoms with van der Waals surface area (Å²) >= 11 is 0. The topological polar surface area (TPSA) is 66.2 Å². The van der Waals surface area contributed by atoms with Gasteiger partial charge in [0.2, 0.25) is 0 Å². The van der Waals surface area contributed by atoms with Gasteiger partial charge in [0.15, 0.2) is 0 Å². The van der Waals surface area contributed by atoms with Gasteiger partial charge in [-0.3, -0.25) is 4.79 Å². The van der Waals surface area contributed by atoms with E-state index in [-0.39, 0.29) is 6.10 Å². The SMILES string of the molecule is O=Cc1ccc(OCc2cn(CC3CCCO3)nn2)cc1. The minimum Gasteiger partial charge on any atom is -0.487 e. The van der Waals surface area contributed by atoms with Gasteiger partial charge in [-0.05, 0) is 37.1 Å². The average Bonchev–Trinajstić information content (AvgIpc) is 3.18. The Kier molecular flexibility index (Phi) is 4.25. The summed E-state index contributed by atoms with van der Waals surface area (Å²) in [6.07, 6.45) is 5.12. The number of benzene rings is 1. The summed E-state index contributed by atoms with van der Waals surface area (Å²) in [5.74, 6) is 0.703. The lowest BCUT2D eigenvalue weighted by atomic mass is 10.2. The van der Waals surface area contributed by atoms with Crippen molar-refractivity contribution < 1.29 is 14.3 Å². The molecule has 1 aromatic carbocycles. The summed E-state index contributed by atoms with van der Waals surface area (Å²) in [7, 11) is 0. The Morgan fingerprint density at radius 3 is 2.95 bits per heavy atom. The predicted molar refractivity (Wildman–Crippen MR) is 75.2 cm³/mol. The summed E-state index contributed by atoms with van der Waals surface area (Å²) in [5.41, 5.74) is 1.40. The van der Waals surface area contributed by atoms with Gasteiger partial charge in [0, 0.05) is 12.2 Å². The highest BCUT2D eigenvalue weighted by Crippen LogP contribution is 2.15. The van der Waals surface area contributed by atoms with Crippen LogP contribution in [0.2, 0.25) is 0 Å². The van der Waals surface area contributed by atoms with E-state index in [1.807, 2.05) is 6.20 Å². The smallest absolute Gasteiger partial charge is 0.150 e. The zero-order valence-corrected chi connectivity index (χ0v) is 11.6. The maximum atomic E-state index is 10.6. The molecule has 110 valence electrons. The zero-order chi connectivity index (χ0) is 14.5. The number of carbonyl (C=O) groups is 1. The van der Waals surface area contributed by atoms with Gasteiger partial charge in [-0.2, -0.15) is 0 Å². The third-order valence-electron chi connectivity index (χ3n) is 3.40. The minimum absolute atomic E-state index is 0.247. The molecule has 1 unspecified atom stereocenters. The zero-order valence-electron chi connectivity index (χ0n) is 11.6. The van der Waals surface area contributed by atoms with E-state index in [9.17, 15) is 4.79 Å². The second-order valence-corrected chi connectivity index (χ2v) is 5.04. The first-order valence-electron chi connectivity index (χ1n) is 7.02. The molecule has 0 bridgehead atoms. The molecule has 6 heteroatoms. The van der Waals surface area contributed by atoms with Crippen molar-refractivity contribution in [2.45, 2.75) is 32.1 Å². The highest BCUT2D eigenvalue weighted by atomic mass is 16.5. The van der Waals surface area contributed by atoms with Crippen LogP contribution in [0.5, 0.6) is 5.75 Å². The van der Waals surface area contributed by atoms with Crippen molar-refractivity contribution >= 4 is 6.29 Å². The monoisotopic (exact) mass is 287 g/mol. The van der Waals surface area contributed by atoms with Gasteiger partial charge in [-0.15, -0.1) is 5.10 Å². The van der Waals surface area contributed by atoms with Crippen molar-refractivity contribution in [2.75, 3.05) is 6.61 Å². The predicted octanol–water partition coefficient (Wildman–Crippen LogP) is 1.85. The number of aromatic nitrogens is 3. The molecule has 2 aromatic rings. The Labute approximate surface area is 122 Å². The highest BCUT2D eigenvalue weighted by Gasteiger charge is 2.16. The fourth-order valence-electron chi connectivity index (χ4n) is 2.29. The van der Waals surface area contributed by atoms with Gasteiger partial charge in [0.1, 0.15) is 24.3 Å². The maximum absolute atomic E-state index is 10.6. The molecule has 0 spiro atoms. The van der Waals surface area contributed by atoms with E-state index >= 15 is 0 Å². The molecule has 1 aromatic heterocycles. The van der Waals surface area contributed by atoms with E-state index in [4.69, 9.17) is 9.47 Å². The van der Waals surface area contributed by atoms with Crippen molar-refractivity contribution in [3.63, 3.8) is 0 Å². The standard InChI is InChI=1S/C15H17N3O3/c19-10-12-3-5-14(6-4-12)21-11-13-8-18(17-16-13)9-15-2-1-7-20-15/h3-6,8,10,15H,1-2,7,9,11H2. The fraction of sp³-hybridized carbons (Fsp3) is 0.400. The summed E-state index contributed by atoms with van der Waals surface area (Å²) in [6, 6.07) is 6.97. The lowest BCUT2D eigenvalue weighted by Crippen LogP contribution is -2.15. The van der Waals surface area contributed by atoms with Crippen molar-refractivity contribution in [2.24, 2.45) is 0 Å². The summed E-state index contributed by atoms with van der Waals surface area (Å²) in [4.78, 5) is 10.6. The molecule has 3 rings (SSSR count). The summed E-state index contributed by atoms with van der Waals surface area (Å²) in [5, 5.41) is 8.16. The van der Waals surface area contributed by atoms with E-state index < -0.39 is 0 Å². The first-order valence-corrected chi connectivity index (χ1v) is 7.02. The highest BCUT2D eigenvalue weighted by molar-refractivity contribution is 5.74. The molecule has 0 amide bonds. The molecule has 1 aliphatic rings. The molecule has 1 atom stereocenters. The van der Waals surface area contributed by atoms with Gasteiger partial charge in [0.25, 0.3) is 0 Å². The van der Waals surface area contributed by atoms with E-state index in [2.05, 4.69) is 10.3 Å². The molecule has 6 nitrogen and oxygen atoms in total. The average molecular weight is 287 g/mol. The molecule has 0 aliphatic carbocycles. The number of hydrogen-bond donors (Lipinski definition) is 0. The van der Waals surface area contributed by atoms with Gasteiger partial charge in [0.05, 0.1) is 18.8 Å². The third-order valence-corrected chi connectivity index (χ3v) is 3.40. The molecule has 1 aliphatic heterocycles. The van der Waals surface area contributed by atoms with Crippen LogP contribution in [-0.2, 0) is 17.9 Å². The van der Waals surface area contributed by atoms with E-state index in [1.54, 1.807) is 28.9 Å². The largest absolute Gasteiger partial charge is 0.487 e. The Hall–Kier alpha value is -2.21. The van der Waals surface area contributed by atoms with Crippen LogP contribution in [0.3, 0.4) is 0 Å². The lowest BCUT2D eigenvalue weighted by Gasteiger charge is -2.07. The van der Waals surface area contributed by atoms with Crippen LogP contribution < -0.4 is 4.74 Å². The lowest BCUT2D eigenvalue weighted by molar-refractivity contribution is 0.0935. The van der Waals surface area contributed by atoms with Gasteiger partial charge < -0.3 is 9.47 Å². The van der Waals surface area contributed by atoms with Crippen LogP contribution in [0.25, 0.3) is 0 Å². The quantitative estimate of drug-likeness (QED) is 0.759. The Morgan fingerprint density at radius 2 is 2.24 bits per heavy atom.